The van der Waals surface area contributed by atoms with E-state index in [2.05, 4.69) is 10.3 Å². The Balaban J connectivity index is 1.31. The van der Waals surface area contributed by atoms with Crippen LogP contribution in [-0.2, 0) is 14.4 Å². The number of nitrogens with zero attached hydrogens (tertiary/aromatic N) is 1. The summed E-state index contributed by atoms with van der Waals surface area (Å²) < 4.78 is 25.2. The molecule has 2 N–H and O–H groups in total. The summed E-state index contributed by atoms with van der Waals surface area (Å²) in [7, 11) is 0. The number of H-pyrrole nitrogens is 1. The fourth-order valence-corrected chi connectivity index (χ4v) is 7.84. The second kappa shape index (κ2) is 11.9. The molecule has 220 valence electrons. The van der Waals surface area contributed by atoms with Gasteiger partial charge in [-0.2, -0.15) is 0 Å². The highest BCUT2D eigenvalue weighted by atomic mass is 35.5. The summed E-state index contributed by atoms with van der Waals surface area (Å²) in [6, 6.07) is 16.9. The van der Waals surface area contributed by atoms with Gasteiger partial charge in [0, 0.05) is 21.5 Å². The summed E-state index contributed by atoms with van der Waals surface area (Å²) in [4.78, 5) is 56.6. The Morgan fingerprint density at radius 2 is 1.74 bits per heavy atom. The molecule has 2 aliphatic heterocycles. The Morgan fingerprint density at radius 3 is 2.47 bits per heavy atom. The third-order valence-electron chi connectivity index (χ3n) is 7.02. The van der Waals surface area contributed by atoms with Crippen LogP contribution in [0.15, 0.2) is 76.6 Å². The minimum atomic E-state index is -0.826. The highest BCUT2D eigenvalue weighted by Gasteiger charge is 2.56. The number of aromatic amines is 1. The normalized spacial score (nSPS) is 19.1. The van der Waals surface area contributed by atoms with E-state index in [1.807, 2.05) is 0 Å². The molecule has 0 radical (unpaired) electrons. The molecule has 3 atom stereocenters. The molecular formula is C30H23ClFN3O6S2. The van der Waals surface area contributed by atoms with E-state index in [0.717, 1.165) is 28.0 Å². The average molecular weight is 640 g/mol. The number of fused-ring (bicyclic) bond motifs is 2. The van der Waals surface area contributed by atoms with Crippen LogP contribution in [0.5, 0.6) is 11.5 Å². The molecule has 4 aromatic rings. The van der Waals surface area contributed by atoms with E-state index in [1.54, 1.807) is 49.4 Å². The number of thiazole rings is 1. The van der Waals surface area contributed by atoms with E-state index in [4.69, 9.17) is 21.1 Å². The number of hydrogen-bond donors (Lipinski definition) is 2. The molecule has 2 unspecified atom stereocenters. The highest BCUT2D eigenvalue weighted by molar-refractivity contribution is 8.00. The number of ether oxygens (including phenoxy) is 2. The summed E-state index contributed by atoms with van der Waals surface area (Å²) in [5.74, 6) is -2.58. The number of carbonyl (C=O) groups is 3. The average Bonchev–Trinajstić information content (AvgIpc) is 3.48. The number of amides is 3. The Kier molecular flexibility index (Phi) is 7.99. The van der Waals surface area contributed by atoms with Crippen LogP contribution >= 0.6 is 34.7 Å². The first-order valence-electron chi connectivity index (χ1n) is 13.2. The van der Waals surface area contributed by atoms with Gasteiger partial charge in [0.05, 0.1) is 23.2 Å². The Bertz CT molecular complexity index is 1780. The van der Waals surface area contributed by atoms with Crippen molar-refractivity contribution in [3.05, 3.63) is 97.7 Å². The van der Waals surface area contributed by atoms with Gasteiger partial charge in [-0.15, -0.1) is 0 Å². The lowest BCUT2D eigenvalue weighted by Crippen LogP contribution is -2.32. The summed E-state index contributed by atoms with van der Waals surface area (Å²) in [6.07, 6.45) is 0. The molecule has 3 aromatic carbocycles. The topological polar surface area (TPSA) is 118 Å². The fourth-order valence-electron chi connectivity index (χ4n) is 5.20. The van der Waals surface area contributed by atoms with Gasteiger partial charge in [-0.25, -0.2) is 9.29 Å². The van der Waals surface area contributed by atoms with Gasteiger partial charge in [0.2, 0.25) is 11.8 Å². The van der Waals surface area contributed by atoms with E-state index in [0.29, 0.717) is 44.3 Å². The first kappa shape index (κ1) is 29.0. The number of aromatic nitrogens is 1. The van der Waals surface area contributed by atoms with Crippen LogP contribution in [0.2, 0.25) is 5.02 Å². The Labute approximate surface area is 258 Å². The Hall–Kier alpha value is -4.13. The first-order valence-corrected chi connectivity index (χ1v) is 15.3. The molecular weight excluding hydrogens is 617 g/mol. The zero-order valence-corrected chi connectivity index (χ0v) is 24.9. The van der Waals surface area contributed by atoms with E-state index in [9.17, 15) is 23.6 Å². The third-order valence-corrected chi connectivity index (χ3v) is 9.68. The van der Waals surface area contributed by atoms with E-state index in [-0.39, 0.29) is 17.2 Å². The van der Waals surface area contributed by atoms with Crippen molar-refractivity contribution in [2.45, 2.75) is 23.1 Å². The molecule has 3 amide bonds. The summed E-state index contributed by atoms with van der Waals surface area (Å²) in [5, 5.41) is 3.00. The molecule has 2 aliphatic rings. The Morgan fingerprint density at radius 1 is 1.00 bits per heavy atom. The van der Waals surface area contributed by atoms with Crippen molar-refractivity contribution in [1.82, 2.24) is 4.98 Å². The van der Waals surface area contributed by atoms with Crippen molar-refractivity contribution in [3.8, 4) is 11.5 Å². The van der Waals surface area contributed by atoms with Crippen LogP contribution in [-0.4, -0.2) is 41.2 Å². The number of benzene rings is 3. The predicted octanol–water partition coefficient (Wildman–Crippen LogP) is 5.44. The van der Waals surface area contributed by atoms with Gasteiger partial charge >= 0.3 is 4.87 Å². The molecule has 3 heterocycles. The number of hydrogen-bond acceptors (Lipinski definition) is 8. The van der Waals surface area contributed by atoms with Gasteiger partial charge < -0.3 is 19.8 Å². The van der Waals surface area contributed by atoms with Crippen molar-refractivity contribution in [3.63, 3.8) is 0 Å². The molecule has 0 spiro atoms. The number of rotatable bonds is 8. The number of anilines is 2. The zero-order chi connectivity index (χ0) is 30.2. The van der Waals surface area contributed by atoms with Crippen molar-refractivity contribution in [2.24, 2.45) is 5.92 Å². The van der Waals surface area contributed by atoms with E-state index in [1.165, 1.54) is 24.3 Å². The minimum Gasteiger partial charge on any atom is -0.490 e. The monoisotopic (exact) mass is 639 g/mol. The lowest BCUT2D eigenvalue weighted by molar-refractivity contribution is -0.122. The number of carbonyl (C=O) groups excluding carboxylic acids is 3. The lowest BCUT2D eigenvalue weighted by Gasteiger charge is -2.30. The highest BCUT2D eigenvalue weighted by Crippen LogP contribution is 2.53. The number of halogens is 2. The largest absolute Gasteiger partial charge is 0.490 e. The van der Waals surface area contributed by atoms with Crippen LogP contribution in [0.3, 0.4) is 0 Å². The molecule has 0 saturated carbocycles. The maximum absolute atomic E-state index is 13.9. The number of imide groups is 1. The predicted molar refractivity (Wildman–Crippen MR) is 162 cm³/mol. The summed E-state index contributed by atoms with van der Waals surface area (Å²) in [6.45, 7) is 1.80. The molecule has 0 bridgehead atoms. The molecule has 1 fully saturated rings. The fraction of sp³-hybridized carbons (Fsp3) is 0.200. The molecule has 43 heavy (non-hydrogen) atoms. The molecule has 13 heteroatoms. The van der Waals surface area contributed by atoms with Crippen LogP contribution in [0.1, 0.15) is 23.3 Å². The smallest absolute Gasteiger partial charge is 0.305 e. The van der Waals surface area contributed by atoms with Gasteiger partial charge in [-0.1, -0.05) is 40.8 Å². The van der Waals surface area contributed by atoms with Gasteiger partial charge in [-0.3, -0.25) is 19.2 Å². The molecule has 6 rings (SSSR count). The van der Waals surface area contributed by atoms with Crippen LogP contribution < -0.4 is 24.6 Å². The molecule has 1 saturated heterocycles. The van der Waals surface area contributed by atoms with Gasteiger partial charge in [0.15, 0.2) is 18.1 Å². The van der Waals surface area contributed by atoms with Crippen molar-refractivity contribution in [1.29, 1.82) is 0 Å². The van der Waals surface area contributed by atoms with Crippen LogP contribution in [0, 0.1) is 11.7 Å². The van der Waals surface area contributed by atoms with Crippen molar-refractivity contribution >= 4 is 63.8 Å². The van der Waals surface area contributed by atoms with Crippen molar-refractivity contribution < 1.29 is 28.2 Å². The third kappa shape index (κ3) is 5.65. The van der Waals surface area contributed by atoms with E-state index < -0.39 is 40.6 Å². The number of nitrogens with one attached hydrogen (secondary N) is 2. The van der Waals surface area contributed by atoms with E-state index >= 15 is 0 Å². The standard InChI is InChI=1S/C30H23ClFN3O6S2/c1-2-40-21-13-15(3-12-20(21)41-14-22(36)33-18-8-4-16(31)5-9-18)23-24-26(42-27-25(23)43-30(39)34-27)29(38)35(28(24)37)19-10-6-17(32)7-11-19/h3-13,23-24,26H,2,14H2,1H3,(H,33,36)(H,34,39)/t23-,24?,26?/m1/s1. The summed E-state index contributed by atoms with van der Waals surface area (Å²) in [5.41, 5.74) is 1.47. The van der Waals surface area contributed by atoms with Crippen LogP contribution in [0.25, 0.3) is 0 Å². The maximum atomic E-state index is 13.9. The van der Waals surface area contributed by atoms with Gasteiger partial charge in [0.1, 0.15) is 11.1 Å². The second-order valence-corrected chi connectivity index (χ2v) is 12.3. The summed E-state index contributed by atoms with van der Waals surface area (Å²) >= 11 is 8.04. The number of thioether (sulfide) groups is 1. The SMILES string of the molecule is CCOc1cc([C@H]2c3sc(=O)[nH]c3SC3C(=O)N(c4ccc(F)cc4)C(=O)C32)ccc1OCC(=O)Nc1ccc(Cl)cc1. The molecule has 0 aliphatic carbocycles. The lowest BCUT2D eigenvalue weighted by atomic mass is 9.83. The minimum absolute atomic E-state index is 0.276. The van der Waals surface area contributed by atoms with Crippen LogP contribution in [0.4, 0.5) is 15.8 Å². The second-order valence-electron chi connectivity index (χ2n) is 9.72. The first-order chi connectivity index (χ1) is 20.7. The van der Waals surface area contributed by atoms with Gasteiger partial charge in [-0.05, 0) is 73.2 Å². The molecule has 9 nitrogen and oxygen atoms in total. The van der Waals surface area contributed by atoms with Crippen molar-refractivity contribution in [2.75, 3.05) is 23.4 Å². The van der Waals surface area contributed by atoms with Gasteiger partial charge in [0.25, 0.3) is 5.91 Å². The maximum Gasteiger partial charge on any atom is 0.305 e. The quantitative estimate of drug-likeness (QED) is 0.247. The molecule has 1 aromatic heterocycles. The zero-order valence-electron chi connectivity index (χ0n) is 22.5.